The van der Waals surface area contributed by atoms with Crippen molar-refractivity contribution in [3.8, 4) is 22.6 Å². The minimum absolute atomic E-state index is 0.364. The number of rotatable bonds is 6. The highest BCUT2D eigenvalue weighted by molar-refractivity contribution is 5.72. The van der Waals surface area contributed by atoms with Crippen molar-refractivity contribution in [2.24, 2.45) is 0 Å². The van der Waals surface area contributed by atoms with Crippen molar-refractivity contribution in [2.75, 3.05) is 7.11 Å². The second kappa shape index (κ2) is 7.16. The molecule has 2 nitrogen and oxygen atoms in total. The molecule has 0 atom stereocenters. The summed E-state index contributed by atoms with van der Waals surface area (Å²) < 4.78 is 5.19. The van der Waals surface area contributed by atoms with Crippen LogP contribution in [0.1, 0.15) is 37.8 Å². The number of phenolic OH excluding ortho intramolecular Hbond substituents is 1. The molecule has 0 saturated carbocycles. The largest absolute Gasteiger partial charge is 0.507 e. The van der Waals surface area contributed by atoms with Gasteiger partial charge in [-0.05, 0) is 53.8 Å². The first-order chi connectivity index (χ1) is 10.2. The molecule has 112 valence electrons. The van der Waals surface area contributed by atoms with E-state index in [1.165, 1.54) is 11.1 Å². The molecule has 21 heavy (non-hydrogen) atoms. The van der Waals surface area contributed by atoms with Gasteiger partial charge >= 0.3 is 0 Å². The SMILES string of the molecule is CCCc1cc(O)c(-c2ccc(OC)cc2)cc1CCC. The quantitative estimate of drug-likeness (QED) is 0.811. The fraction of sp³-hybridized carbons (Fsp3) is 0.368. The number of phenols is 1. The highest BCUT2D eigenvalue weighted by Gasteiger charge is 2.10. The van der Waals surface area contributed by atoms with Crippen molar-refractivity contribution in [3.63, 3.8) is 0 Å². The molecule has 2 aromatic carbocycles. The van der Waals surface area contributed by atoms with Gasteiger partial charge in [-0.25, -0.2) is 0 Å². The maximum absolute atomic E-state index is 10.4. The summed E-state index contributed by atoms with van der Waals surface area (Å²) in [5.74, 6) is 1.19. The Kier molecular flexibility index (Phi) is 5.26. The van der Waals surface area contributed by atoms with E-state index >= 15 is 0 Å². The number of methoxy groups -OCH3 is 1. The third-order valence-corrected chi connectivity index (χ3v) is 3.76. The van der Waals surface area contributed by atoms with Crippen LogP contribution in [0.25, 0.3) is 11.1 Å². The first-order valence-electron chi connectivity index (χ1n) is 7.68. The molecule has 0 saturated heterocycles. The number of hydrogen-bond acceptors (Lipinski definition) is 2. The van der Waals surface area contributed by atoms with Crippen LogP contribution in [-0.4, -0.2) is 12.2 Å². The van der Waals surface area contributed by atoms with Gasteiger partial charge < -0.3 is 9.84 Å². The summed E-state index contributed by atoms with van der Waals surface area (Å²) in [5, 5.41) is 10.4. The van der Waals surface area contributed by atoms with Crippen LogP contribution in [0.2, 0.25) is 0 Å². The summed E-state index contributed by atoms with van der Waals surface area (Å²) in [6, 6.07) is 11.9. The van der Waals surface area contributed by atoms with E-state index in [9.17, 15) is 5.11 Å². The zero-order valence-electron chi connectivity index (χ0n) is 13.1. The Labute approximate surface area is 127 Å². The summed E-state index contributed by atoms with van der Waals surface area (Å²) in [7, 11) is 1.66. The van der Waals surface area contributed by atoms with Crippen LogP contribution in [0.15, 0.2) is 36.4 Å². The first kappa shape index (κ1) is 15.4. The average Bonchev–Trinajstić information content (AvgIpc) is 2.50. The first-order valence-corrected chi connectivity index (χ1v) is 7.68. The number of ether oxygens (including phenoxy) is 1. The van der Waals surface area contributed by atoms with Crippen LogP contribution in [0.5, 0.6) is 11.5 Å². The number of aromatic hydroxyl groups is 1. The minimum atomic E-state index is 0.364. The van der Waals surface area contributed by atoms with Crippen molar-refractivity contribution in [3.05, 3.63) is 47.5 Å². The highest BCUT2D eigenvalue weighted by atomic mass is 16.5. The van der Waals surface area contributed by atoms with Crippen LogP contribution >= 0.6 is 0 Å². The molecule has 2 heteroatoms. The van der Waals surface area contributed by atoms with E-state index in [4.69, 9.17) is 4.74 Å². The molecule has 2 aromatic rings. The molecule has 1 N–H and O–H groups in total. The molecule has 0 heterocycles. The second-order valence-corrected chi connectivity index (χ2v) is 5.37. The molecule has 0 aliphatic rings. The molecule has 0 fully saturated rings. The van der Waals surface area contributed by atoms with E-state index < -0.39 is 0 Å². The Hall–Kier alpha value is -1.96. The van der Waals surface area contributed by atoms with Crippen LogP contribution in [0, 0.1) is 0 Å². The van der Waals surface area contributed by atoms with Crippen molar-refractivity contribution in [2.45, 2.75) is 39.5 Å². The van der Waals surface area contributed by atoms with Crippen LogP contribution < -0.4 is 4.74 Å². The average molecular weight is 284 g/mol. The molecule has 0 aromatic heterocycles. The summed E-state index contributed by atoms with van der Waals surface area (Å²) in [6.07, 6.45) is 4.28. The summed E-state index contributed by atoms with van der Waals surface area (Å²) in [4.78, 5) is 0. The van der Waals surface area contributed by atoms with Gasteiger partial charge in [0, 0.05) is 5.56 Å². The van der Waals surface area contributed by atoms with E-state index in [1.807, 2.05) is 30.3 Å². The molecule has 0 aliphatic carbocycles. The van der Waals surface area contributed by atoms with E-state index in [0.717, 1.165) is 42.6 Å². The molecule has 0 aliphatic heterocycles. The molecule has 0 spiro atoms. The highest BCUT2D eigenvalue weighted by Crippen LogP contribution is 2.34. The predicted molar refractivity (Wildman–Crippen MR) is 88.1 cm³/mol. The monoisotopic (exact) mass is 284 g/mol. The zero-order valence-corrected chi connectivity index (χ0v) is 13.1. The third kappa shape index (κ3) is 3.57. The van der Waals surface area contributed by atoms with Crippen molar-refractivity contribution < 1.29 is 9.84 Å². The lowest BCUT2D eigenvalue weighted by Gasteiger charge is -2.13. The van der Waals surface area contributed by atoms with Gasteiger partial charge in [0.25, 0.3) is 0 Å². The van der Waals surface area contributed by atoms with Gasteiger partial charge in [0.15, 0.2) is 0 Å². The zero-order chi connectivity index (χ0) is 15.2. The molecular formula is C19H24O2. The van der Waals surface area contributed by atoms with Crippen LogP contribution in [0.3, 0.4) is 0 Å². The van der Waals surface area contributed by atoms with Gasteiger partial charge in [-0.15, -0.1) is 0 Å². The van der Waals surface area contributed by atoms with Gasteiger partial charge in [-0.2, -0.15) is 0 Å². The summed E-state index contributed by atoms with van der Waals surface area (Å²) >= 11 is 0. The van der Waals surface area contributed by atoms with Crippen molar-refractivity contribution >= 4 is 0 Å². The fourth-order valence-corrected chi connectivity index (χ4v) is 2.68. The molecule has 0 amide bonds. The van der Waals surface area contributed by atoms with Crippen molar-refractivity contribution in [1.29, 1.82) is 0 Å². The van der Waals surface area contributed by atoms with Crippen LogP contribution in [-0.2, 0) is 12.8 Å². The predicted octanol–water partition coefficient (Wildman–Crippen LogP) is 4.97. The summed E-state index contributed by atoms with van der Waals surface area (Å²) in [6.45, 7) is 4.36. The lowest BCUT2D eigenvalue weighted by atomic mass is 9.93. The lowest BCUT2D eigenvalue weighted by Crippen LogP contribution is -1.95. The smallest absolute Gasteiger partial charge is 0.123 e. The Morgan fingerprint density at radius 2 is 1.48 bits per heavy atom. The maximum Gasteiger partial charge on any atom is 0.123 e. The Bertz CT molecular complexity index is 585. The molecule has 0 unspecified atom stereocenters. The summed E-state index contributed by atoms with van der Waals surface area (Å²) in [5.41, 5.74) is 4.55. The van der Waals surface area contributed by atoms with Gasteiger partial charge in [0.1, 0.15) is 11.5 Å². The standard InChI is InChI=1S/C19H24O2/c1-4-6-15-12-18(19(20)13-16(15)7-5-2)14-8-10-17(21-3)11-9-14/h8-13,20H,4-7H2,1-3H3. The fourth-order valence-electron chi connectivity index (χ4n) is 2.68. The number of aryl methyl sites for hydroxylation is 2. The molecule has 0 radical (unpaired) electrons. The normalized spacial score (nSPS) is 10.6. The van der Waals surface area contributed by atoms with E-state index in [1.54, 1.807) is 7.11 Å². The van der Waals surface area contributed by atoms with Gasteiger partial charge in [-0.1, -0.05) is 38.8 Å². The lowest BCUT2D eigenvalue weighted by molar-refractivity contribution is 0.415. The van der Waals surface area contributed by atoms with Gasteiger partial charge in [0.2, 0.25) is 0 Å². The van der Waals surface area contributed by atoms with E-state index in [2.05, 4.69) is 19.9 Å². The number of benzene rings is 2. The molecule has 0 bridgehead atoms. The number of hydrogen-bond donors (Lipinski definition) is 1. The second-order valence-electron chi connectivity index (χ2n) is 5.37. The van der Waals surface area contributed by atoms with Gasteiger partial charge in [0.05, 0.1) is 7.11 Å². The van der Waals surface area contributed by atoms with Gasteiger partial charge in [-0.3, -0.25) is 0 Å². The van der Waals surface area contributed by atoms with E-state index in [-0.39, 0.29) is 0 Å². The molecular weight excluding hydrogens is 260 g/mol. The van der Waals surface area contributed by atoms with Crippen LogP contribution in [0.4, 0.5) is 0 Å². The Balaban J connectivity index is 2.44. The minimum Gasteiger partial charge on any atom is -0.507 e. The van der Waals surface area contributed by atoms with E-state index in [0.29, 0.717) is 5.75 Å². The topological polar surface area (TPSA) is 29.5 Å². The maximum atomic E-state index is 10.4. The Morgan fingerprint density at radius 3 is 2.00 bits per heavy atom. The molecule has 2 rings (SSSR count). The third-order valence-electron chi connectivity index (χ3n) is 3.76. The Morgan fingerprint density at radius 1 is 0.905 bits per heavy atom. The van der Waals surface area contributed by atoms with Crippen molar-refractivity contribution in [1.82, 2.24) is 0 Å².